The summed E-state index contributed by atoms with van der Waals surface area (Å²) in [6, 6.07) is 7.95. The van der Waals surface area contributed by atoms with E-state index in [9.17, 15) is 4.79 Å². The summed E-state index contributed by atoms with van der Waals surface area (Å²) in [6.45, 7) is 5.77. The summed E-state index contributed by atoms with van der Waals surface area (Å²) in [5, 5.41) is 6.27. The van der Waals surface area contributed by atoms with Gasteiger partial charge in [-0.2, -0.15) is 0 Å². The third kappa shape index (κ3) is 5.06. The molecular weight excluding hydrogens is 300 g/mol. The van der Waals surface area contributed by atoms with Gasteiger partial charge in [0.25, 0.3) is 5.91 Å². The van der Waals surface area contributed by atoms with Crippen LogP contribution in [0.25, 0.3) is 0 Å². The summed E-state index contributed by atoms with van der Waals surface area (Å²) in [5.74, 6) is -0.0918. The Morgan fingerprint density at radius 3 is 2.75 bits per heavy atom. The number of hydrogen-bond acceptors (Lipinski definition) is 4. The van der Waals surface area contributed by atoms with Crippen molar-refractivity contribution >= 4 is 17.3 Å². The van der Waals surface area contributed by atoms with Gasteiger partial charge in [0.1, 0.15) is 0 Å². The molecule has 0 unspecified atom stereocenters. The first-order valence-corrected chi connectivity index (χ1v) is 8.18. The summed E-state index contributed by atoms with van der Waals surface area (Å²) in [6.07, 6.45) is 4.24. The van der Waals surface area contributed by atoms with Crippen molar-refractivity contribution in [3.63, 3.8) is 0 Å². The van der Waals surface area contributed by atoms with E-state index < -0.39 is 0 Å². The topological polar surface area (TPSA) is 57.3 Å². The molecule has 2 aromatic rings. The molecule has 1 amide bonds. The minimum atomic E-state index is -0.0918. The number of aryl methyl sites for hydroxylation is 1. The zero-order valence-corrected chi connectivity index (χ0v) is 14.9. The number of pyridine rings is 1. The number of anilines is 2. The predicted molar refractivity (Wildman–Crippen MR) is 98.9 cm³/mol. The van der Waals surface area contributed by atoms with E-state index >= 15 is 0 Å². The molecule has 24 heavy (non-hydrogen) atoms. The monoisotopic (exact) mass is 326 g/mol. The standard InChI is InChI=1S/C19H26N4O/c1-14-7-5-8-18(15(14)2)22-17-11-16(12-20-13-17)19(24)21-9-6-10-23(3)4/h5,7-8,11-13,22H,6,9-10H2,1-4H3,(H,21,24). The van der Waals surface area contributed by atoms with Gasteiger partial charge in [-0.15, -0.1) is 0 Å². The largest absolute Gasteiger partial charge is 0.354 e. The van der Waals surface area contributed by atoms with Crippen LogP contribution in [-0.2, 0) is 0 Å². The molecule has 2 rings (SSSR count). The Balaban J connectivity index is 2.00. The van der Waals surface area contributed by atoms with E-state index in [2.05, 4.69) is 40.4 Å². The van der Waals surface area contributed by atoms with E-state index in [0.29, 0.717) is 12.1 Å². The lowest BCUT2D eigenvalue weighted by Crippen LogP contribution is -2.27. The van der Waals surface area contributed by atoms with Gasteiger partial charge in [-0.3, -0.25) is 9.78 Å². The van der Waals surface area contributed by atoms with E-state index in [-0.39, 0.29) is 5.91 Å². The number of rotatable bonds is 7. The summed E-state index contributed by atoms with van der Waals surface area (Å²) in [4.78, 5) is 18.5. The molecular formula is C19H26N4O. The van der Waals surface area contributed by atoms with Gasteiger partial charge in [-0.05, 0) is 64.2 Å². The van der Waals surface area contributed by atoms with Gasteiger partial charge in [0.2, 0.25) is 0 Å². The third-order valence-corrected chi connectivity index (χ3v) is 3.95. The Labute approximate surface area is 144 Å². The van der Waals surface area contributed by atoms with Gasteiger partial charge in [0.15, 0.2) is 0 Å². The molecule has 1 aromatic carbocycles. The number of amides is 1. The molecule has 0 saturated heterocycles. The summed E-state index contributed by atoms with van der Waals surface area (Å²) in [5.41, 5.74) is 4.82. The molecule has 0 saturated carbocycles. The smallest absolute Gasteiger partial charge is 0.252 e. The maximum Gasteiger partial charge on any atom is 0.252 e. The maximum atomic E-state index is 12.2. The highest BCUT2D eigenvalue weighted by atomic mass is 16.1. The summed E-state index contributed by atoms with van der Waals surface area (Å²) in [7, 11) is 4.04. The van der Waals surface area contributed by atoms with Crippen molar-refractivity contribution in [2.24, 2.45) is 0 Å². The van der Waals surface area contributed by atoms with Crippen molar-refractivity contribution in [2.75, 3.05) is 32.5 Å². The normalized spacial score (nSPS) is 10.7. The van der Waals surface area contributed by atoms with Crippen LogP contribution in [0.5, 0.6) is 0 Å². The summed E-state index contributed by atoms with van der Waals surface area (Å²) >= 11 is 0. The second-order valence-electron chi connectivity index (χ2n) is 6.25. The van der Waals surface area contributed by atoms with Gasteiger partial charge in [0, 0.05) is 18.4 Å². The highest BCUT2D eigenvalue weighted by Gasteiger charge is 2.08. The van der Waals surface area contributed by atoms with E-state index in [4.69, 9.17) is 0 Å². The first-order valence-electron chi connectivity index (χ1n) is 8.18. The second kappa shape index (κ2) is 8.45. The first-order chi connectivity index (χ1) is 11.5. The maximum absolute atomic E-state index is 12.2. The Morgan fingerprint density at radius 1 is 1.21 bits per heavy atom. The SMILES string of the molecule is Cc1cccc(Nc2cncc(C(=O)NCCCN(C)C)c2)c1C. The fourth-order valence-corrected chi connectivity index (χ4v) is 2.37. The highest BCUT2D eigenvalue weighted by molar-refractivity contribution is 5.94. The van der Waals surface area contributed by atoms with E-state index in [1.54, 1.807) is 12.4 Å². The van der Waals surface area contributed by atoms with Crippen LogP contribution in [0.4, 0.5) is 11.4 Å². The number of nitrogens with one attached hydrogen (secondary N) is 2. The molecule has 0 atom stereocenters. The molecule has 1 aromatic heterocycles. The third-order valence-electron chi connectivity index (χ3n) is 3.95. The van der Waals surface area contributed by atoms with Crippen LogP contribution in [0, 0.1) is 13.8 Å². The average Bonchev–Trinajstić information content (AvgIpc) is 2.56. The fourth-order valence-electron chi connectivity index (χ4n) is 2.37. The van der Waals surface area contributed by atoms with Crippen molar-refractivity contribution in [1.82, 2.24) is 15.2 Å². The number of aromatic nitrogens is 1. The number of carbonyl (C=O) groups is 1. The number of carbonyl (C=O) groups excluding carboxylic acids is 1. The van der Waals surface area contributed by atoms with E-state index in [1.165, 1.54) is 11.1 Å². The van der Waals surface area contributed by atoms with E-state index in [1.807, 2.05) is 32.3 Å². The zero-order chi connectivity index (χ0) is 17.5. The Kier molecular flexibility index (Phi) is 6.32. The molecule has 0 spiro atoms. The van der Waals surface area contributed by atoms with Crippen LogP contribution in [-0.4, -0.2) is 43.0 Å². The van der Waals surface area contributed by atoms with Crippen LogP contribution >= 0.6 is 0 Å². The molecule has 0 bridgehead atoms. The number of hydrogen-bond donors (Lipinski definition) is 2. The Bertz CT molecular complexity index is 698. The molecule has 0 aliphatic carbocycles. The van der Waals surface area contributed by atoms with Crippen molar-refractivity contribution in [1.29, 1.82) is 0 Å². The van der Waals surface area contributed by atoms with Crippen LogP contribution in [0.3, 0.4) is 0 Å². The van der Waals surface area contributed by atoms with Gasteiger partial charge in [0.05, 0.1) is 17.4 Å². The Hall–Kier alpha value is -2.40. The molecule has 0 aliphatic heterocycles. The molecule has 5 heteroatoms. The highest BCUT2D eigenvalue weighted by Crippen LogP contribution is 2.22. The predicted octanol–water partition coefficient (Wildman–Crippen LogP) is 3.12. The minimum absolute atomic E-state index is 0.0918. The van der Waals surface area contributed by atoms with Crippen molar-refractivity contribution < 1.29 is 4.79 Å². The molecule has 0 fully saturated rings. The lowest BCUT2D eigenvalue weighted by atomic mass is 10.1. The minimum Gasteiger partial charge on any atom is -0.354 e. The molecule has 2 N–H and O–H groups in total. The van der Waals surface area contributed by atoms with Gasteiger partial charge in [-0.1, -0.05) is 12.1 Å². The lowest BCUT2D eigenvalue weighted by molar-refractivity contribution is 0.0952. The fraction of sp³-hybridized carbons (Fsp3) is 0.368. The second-order valence-corrected chi connectivity index (χ2v) is 6.25. The molecule has 0 aliphatic rings. The molecule has 128 valence electrons. The van der Waals surface area contributed by atoms with Gasteiger partial charge in [-0.25, -0.2) is 0 Å². The van der Waals surface area contributed by atoms with Crippen LogP contribution in [0.15, 0.2) is 36.7 Å². The van der Waals surface area contributed by atoms with E-state index in [0.717, 1.165) is 24.3 Å². The van der Waals surface area contributed by atoms with Gasteiger partial charge >= 0.3 is 0 Å². The van der Waals surface area contributed by atoms with Crippen molar-refractivity contribution in [3.8, 4) is 0 Å². The molecule has 0 radical (unpaired) electrons. The van der Waals surface area contributed by atoms with Crippen molar-refractivity contribution in [2.45, 2.75) is 20.3 Å². The van der Waals surface area contributed by atoms with Crippen LogP contribution in [0.1, 0.15) is 27.9 Å². The average molecular weight is 326 g/mol. The van der Waals surface area contributed by atoms with Gasteiger partial charge < -0.3 is 15.5 Å². The lowest BCUT2D eigenvalue weighted by Gasteiger charge is -2.12. The van der Waals surface area contributed by atoms with Crippen molar-refractivity contribution in [3.05, 3.63) is 53.3 Å². The number of benzene rings is 1. The quantitative estimate of drug-likeness (QED) is 0.768. The first kappa shape index (κ1) is 17.9. The molecule has 5 nitrogen and oxygen atoms in total. The number of nitrogens with zero attached hydrogens (tertiary/aromatic N) is 2. The zero-order valence-electron chi connectivity index (χ0n) is 14.9. The molecule has 1 heterocycles. The van der Waals surface area contributed by atoms with Crippen LogP contribution < -0.4 is 10.6 Å². The van der Waals surface area contributed by atoms with Crippen LogP contribution in [0.2, 0.25) is 0 Å². The Morgan fingerprint density at radius 2 is 2.00 bits per heavy atom. The summed E-state index contributed by atoms with van der Waals surface area (Å²) < 4.78 is 0.